The number of anilines is 3. The smallest absolute Gasteiger partial charge is 0.137 e. The Kier molecular flexibility index (Phi) is 6.53. The van der Waals surface area contributed by atoms with E-state index in [0.29, 0.717) is 0 Å². The Balaban J connectivity index is 1.11. The van der Waals surface area contributed by atoms with Gasteiger partial charge in [-0.2, -0.15) is 0 Å². The molecule has 2 nitrogen and oxygen atoms in total. The largest absolute Gasteiger partial charge is 0.456 e. The topological polar surface area (TPSA) is 16.4 Å². The van der Waals surface area contributed by atoms with Gasteiger partial charge >= 0.3 is 0 Å². The van der Waals surface area contributed by atoms with Gasteiger partial charge in [-0.3, -0.25) is 0 Å². The maximum Gasteiger partial charge on any atom is 0.137 e. The highest BCUT2D eigenvalue weighted by atomic mass is 16.3. The summed E-state index contributed by atoms with van der Waals surface area (Å²) in [4.78, 5) is 2.32. The number of nitrogens with zero attached hydrogens (tertiary/aromatic N) is 1. The Bertz CT molecular complexity index is 2710. The van der Waals surface area contributed by atoms with Crippen LogP contribution in [0.2, 0.25) is 0 Å². The van der Waals surface area contributed by atoms with Crippen molar-refractivity contribution in [3.63, 3.8) is 0 Å². The standard InChI is InChI=1S/C48H31NO/c1-3-9-32(10-4-1)33-17-23-38(24-18-33)49(40-27-30-44-43-13-7-8-14-45(43)50-46(44)31-40)39-25-19-35(20-26-39)42-29-22-37-16-15-36-21-28-41(48(42)47(36)37)34-11-5-2-6-12-34/h1-31H. The van der Waals surface area contributed by atoms with Crippen LogP contribution in [-0.4, -0.2) is 0 Å². The fourth-order valence-electron chi connectivity index (χ4n) is 7.63. The van der Waals surface area contributed by atoms with Crippen molar-refractivity contribution < 1.29 is 4.42 Å². The van der Waals surface area contributed by atoms with Crippen molar-refractivity contribution in [2.75, 3.05) is 4.90 Å². The molecule has 50 heavy (non-hydrogen) atoms. The molecule has 0 N–H and O–H groups in total. The van der Waals surface area contributed by atoms with Crippen LogP contribution in [0.3, 0.4) is 0 Å². The van der Waals surface area contributed by atoms with Crippen molar-refractivity contribution in [2.45, 2.75) is 0 Å². The number of rotatable bonds is 6. The third-order valence-electron chi connectivity index (χ3n) is 10.0. The summed E-state index contributed by atoms with van der Waals surface area (Å²) in [5.41, 5.74) is 14.8. The molecule has 0 saturated heterocycles. The summed E-state index contributed by atoms with van der Waals surface area (Å²) in [5.74, 6) is 0. The lowest BCUT2D eigenvalue weighted by atomic mass is 9.89. The molecule has 10 rings (SSSR count). The molecule has 0 fully saturated rings. The number of furan rings is 1. The molecule has 0 bridgehead atoms. The van der Waals surface area contributed by atoms with Gasteiger partial charge in [-0.25, -0.2) is 0 Å². The summed E-state index contributed by atoms with van der Waals surface area (Å²) < 4.78 is 6.35. The molecule has 234 valence electrons. The second kappa shape index (κ2) is 11.5. The normalized spacial score (nSPS) is 11.9. The second-order valence-corrected chi connectivity index (χ2v) is 12.9. The van der Waals surface area contributed by atoms with Crippen LogP contribution in [0.15, 0.2) is 180 Å². The van der Waals surface area contributed by atoms with Gasteiger partial charge in [0.25, 0.3) is 0 Å². The van der Waals surface area contributed by atoms with Crippen LogP contribution in [0.25, 0.3) is 78.2 Å². The van der Waals surface area contributed by atoms with Crippen LogP contribution < -0.4 is 4.90 Å². The van der Waals surface area contributed by atoms with E-state index in [9.17, 15) is 0 Å². The minimum absolute atomic E-state index is 0.876. The van der Waals surface area contributed by atoms with Crippen LogP contribution in [0.4, 0.5) is 17.1 Å². The average molecular weight is 638 g/mol. The van der Waals surface area contributed by atoms with E-state index in [4.69, 9.17) is 4.42 Å². The van der Waals surface area contributed by atoms with Gasteiger partial charge in [0.2, 0.25) is 0 Å². The third kappa shape index (κ3) is 4.65. The zero-order chi connectivity index (χ0) is 33.0. The first-order chi connectivity index (χ1) is 24.8. The lowest BCUT2D eigenvalue weighted by molar-refractivity contribution is 0.669. The number of para-hydroxylation sites is 1. The first kappa shape index (κ1) is 28.4. The minimum atomic E-state index is 0.876. The van der Waals surface area contributed by atoms with Gasteiger partial charge in [0.15, 0.2) is 0 Å². The zero-order valence-corrected chi connectivity index (χ0v) is 27.3. The summed E-state index contributed by atoms with van der Waals surface area (Å²) in [5, 5.41) is 4.88. The molecule has 0 radical (unpaired) electrons. The lowest BCUT2D eigenvalue weighted by Crippen LogP contribution is -2.09. The molecule has 1 aliphatic carbocycles. The Labute approximate surface area is 290 Å². The van der Waals surface area contributed by atoms with E-state index in [1.54, 1.807) is 0 Å². The molecule has 1 aromatic heterocycles. The molecule has 9 aromatic rings. The summed E-state index contributed by atoms with van der Waals surface area (Å²) in [6, 6.07) is 63.0. The van der Waals surface area contributed by atoms with Crippen LogP contribution in [0.1, 0.15) is 11.1 Å². The van der Waals surface area contributed by atoms with Gasteiger partial charge in [0.1, 0.15) is 11.2 Å². The second-order valence-electron chi connectivity index (χ2n) is 12.9. The number of fused-ring (bicyclic) bond motifs is 3. The van der Waals surface area contributed by atoms with Crippen molar-refractivity contribution in [3.05, 3.63) is 187 Å². The van der Waals surface area contributed by atoms with Crippen LogP contribution >= 0.6 is 0 Å². The van der Waals surface area contributed by atoms with Crippen molar-refractivity contribution in [2.24, 2.45) is 0 Å². The molecule has 1 aliphatic rings. The number of hydrogen-bond donors (Lipinski definition) is 0. The van der Waals surface area contributed by atoms with E-state index in [0.717, 1.165) is 39.0 Å². The lowest BCUT2D eigenvalue weighted by Gasteiger charge is -2.26. The van der Waals surface area contributed by atoms with E-state index in [-0.39, 0.29) is 0 Å². The summed E-state index contributed by atoms with van der Waals surface area (Å²) in [6.07, 6.45) is 4.47. The molecule has 2 heteroatoms. The molecule has 1 heterocycles. The highest BCUT2D eigenvalue weighted by molar-refractivity contribution is 6.16. The van der Waals surface area contributed by atoms with Gasteiger partial charge in [0.05, 0.1) is 0 Å². The van der Waals surface area contributed by atoms with Crippen LogP contribution in [-0.2, 0) is 0 Å². The molecule has 0 amide bonds. The van der Waals surface area contributed by atoms with E-state index >= 15 is 0 Å². The minimum Gasteiger partial charge on any atom is -0.456 e. The summed E-state index contributed by atoms with van der Waals surface area (Å²) in [6.45, 7) is 0. The van der Waals surface area contributed by atoms with E-state index < -0.39 is 0 Å². The highest BCUT2D eigenvalue weighted by Crippen LogP contribution is 2.44. The summed E-state index contributed by atoms with van der Waals surface area (Å²) in [7, 11) is 0. The van der Waals surface area contributed by atoms with Crippen molar-refractivity contribution in [1.29, 1.82) is 0 Å². The van der Waals surface area contributed by atoms with Gasteiger partial charge in [-0.15, -0.1) is 0 Å². The van der Waals surface area contributed by atoms with Crippen molar-refractivity contribution in [1.82, 2.24) is 0 Å². The fourth-order valence-corrected chi connectivity index (χ4v) is 7.63. The SMILES string of the molecule is C1=Cc2ccc(-c3ccc(N(c4ccc(-c5ccccc5)cc4)c4ccc5c(c4)oc4ccccc45)cc3)c3c(-c4ccccc4)ccc1c23. The molecule has 0 unspecified atom stereocenters. The van der Waals surface area contributed by atoms with E-state index in [1.807, 2.05) is 12.1 Å². The Morgan fingerprint density at radius 3 is 1.50 bits per heavy atom. The van der Waals surface area contributed by atoms with Gasteiger partial charge < -0.3 is 9.32 Å². The number of benzene rings is 8. The molecular weight excluding hydrogens is 607 g/mol. The quantitative estimate of drug-likeness (QED) is 0.180. The molecule has 0 saturated carbocycles. The maximum absolute atomic E-state index is 6.35. The fraction of sp³-hybridized carbons (Fsp3) is 0. The molecule has 8 aromatic carbocycles. The predicted octanol–water partition coefficient (Wildman–Crippen LogP) is 13.7. The molecule has 0 aliphatic heterocycles. The average Bonchev–Trinajstić information content (AvgIpc) is 3.78. The highest BCUT2D eigenvalue weighted by Gasteiger charge is 2.19. The van der Waals surface area contributed by atoms with E-state index in [2.05, 4.69) is 181 Å². The monoisotopic (exact) mass is 637 g/mol. The Morgan fingerprint density at radius 1 is 0.340 bits per heavy atom. The number of hydrogen-bond acceptors (Lipinski definition) is 2. The molecular formula is C48H31NO. The van der Waals surface area contributed by atoms with Gasteiger partial charge in [-0.05, 0) is 97.7 Å². The first-order valence-electron chi connectivity index (χ1n) is 17.1. The van der Waals surface area contributed by atoms with Gasteiger partial charge in [0, 0.05) is 33.9 Å². The maximum atomic E-state index is 6.35. The van der Waals surface area contributed by atoms with Crippen LogP contribution in [0.5, 0.6) is 0 Å². The van der Waals surface area contributed by atoms with Crippen molar-refractivity contribution >= 4 is 61.9 Å². The van der Waals surface area contributed by atoms with Crippen LogP contribution in [0, 0.1) is 0 Å². The predicted molar refractivity (Wildman–Crippen MR) is 211 cm³/mol. The summed E-state index contributed by atoms with van der Waals surface area (Å²) >= 11 is 0. The zero-order valence-electron chi connectivity index (χ0n) is 27.3. The van der Waals surface area contributed by atoms with Gasteiger partial charge in [-0.1, -0.05) is 140 Å². The third-order valence-corrected chi connectivity index (χ3v) is 10.0. The van der Waals surface area contributed by atoms with Crippen molar-refractivity contribution in [3.8, 4) is 33.4 Å². The first-order valence-corrected chi connectivity index (χ1v) is 17.1. The molecule has 0 spiro atoms. The Morgan fingerprint density at radius 2 is 0.840 bits per heavy atom. The Hall–Kier alpha value is -6.64. The van der Waals surface area contributed by atoms with E-state index in [1.165, 1.54) is 55.3 Å². The molecule has 0 atom stereocenters.